The zero-order valence-electron chi connectivity index (χ0n) is 14.4. The molecule has 0 fully saturated rings. The Morgan fingerprint density at radius 2 is 1.57 bits per heavy atom. The van der Waals surface area contributed by atoms with E-state index in [1.807, 2.05) is 52.8 Å². The molecule has 0 spiro atoms. The van der Waals surface area contributed by atoms with Gasteiger partial charge in [0.2, 0.25) is 0 Å². The van der Waals surface area contributed by atoms with Crippen molar-refractivity contribution in [2.24, 2.45) is 0 Å². The molecule has 2 aromatic carbocycles. The lowest BCUT2D eigenvalue weighted by Crippen LogP contribution is -2.30. The molecule has 0 aliphatic carbocycles. The predicted octanol–water partition coefficient (Wildman–Crippen LogP) is 4.30. The van der Waals surface area contributed by atoms with E-state index in [-0.39, 0.29) is 0 Å². The summed E-state index contributed by atoms with van der Waals surface area (Å²) in [5.41, 5.74) is 6.70. The van der Waals surface area contributed by atoms with E-state index < -0.39 is 12.1 Å². The number of rotatable bonds is 5. The van der Waals surface area contributed by atoms with Crippen LogP contribution in [0.3, 0.4) is 0 Å². The Bertz CT molecular complexity index is 709. The van der Waals surface area contributed by atoms with Gasteiger partial charge in [-0.15, -0.1) is 0 Å². The number of benzene rings is 2. The summed E-state index contributed by atoms with van der Waals surface area (Å²) in [5, 5.41) is 9.53. The summed E-state index contributed by atoms with van der Waals surface area (Å²) in [7, 11) is 0. The second-order valence-corrected chi connectivity index (χ2v) is 6.27. The lowest BCUT2D eigenvalue weighted by atomic mass is 9.95. The van der Waals surface area contributed by atoms with Crippen LogP contribution in [-0.4, -0.2) is 17.2 Å². The minimum Gasteiger partial charge on any atom is -0.478 e. The van der Waals surface area contributed by atoms with Crippen LogP contribution >= 0.6 is 0 Å². The van der Waals surface area contributed by atoms with E-state index >= 15 is 0 Å². The van der Waals surface area contributed by atoms with Gasteiger partial charge in [-0.3, -0.25) is 0 Å². The zero-order chi connectivity index (χ0) is 17.1. The van der Waals surface area contributed by atoms with Crippen molar-refractivity contribution in [2.75, 3.05) is 0 Å². The van der Waals surface area contributed by atoms with Gasteiger partial charge in [0.1, 0.15) is 5.75 Å². The fraction of sp³-hybridized carbons (Fsp3) is 0.350. The Morgan fingerprint density at radius 3 is 2.09 bits per heavy atom. The maximum atomic E-state index is 11.6. The second-order valence-electron chi connectivity index (χ2n) is 6.27. The van der Waals surface area contributed by atoms with Crippen LogP contribution in [0.2, 0.25) is 0 Å². The standard InChI is InChI=1S/C20H24O3/c1-12-8-15(4)18(16(5)9-12)11-19(20(21)22)23-17-7-6-13(2)14(3)10-17/h6-10,19H,11H2,1-5H3,(H,21,22)/t19-/m0/s1. The molecule has 0 unspecified atom stereocenters. The molecule has 0 aromatic heterocycles. The third-order valence-electron chi connectivity index (χ3n) is 4.26. The van der Waals surface area contributed by atoms with Gasteiger partial charge in [-0.05, 0) is 74.6 Å². The SMILES string of the molecule is Cc1cc(C)c(C[C@H](Oc2ccc(C)c(C)c2)C(=O)O)c(C)c1. The van der Waals surface area contributed by atoms with Crippen molar-refractivity contribution in [2.45, 2.75) is 47.1 Å². The molecule has 0 aliphatic rings. The van der Waals surface area contributed by atoms with E-state index in [4.69, 9.17) is 4.74 Å². The molecule has 122 valence electrons. The number of carboxylic acids is 1. The van der Waals surface area contributed by atoms with E-state index in [1.54, 1.807) is 0 Å². The summed E-state index contributed by atoms with van der Waals surface area (Å²) >= 11 is 0. The van der Waals surface area contributed by atoms with Gasteiger partial charge in [-0.2, -0.15) is 0 Å². The Kier molecular flexibility index (Phi) is 5.09. The zero-order valence-corrected chi connectivity index (χ0v) is 14.4. The summed E-state index contributed by atoms with van der Waals surface area (Å²) in [6.07, 6.45) is -0.530. The summed E-state index contributed by atoms with van der Waals surface area (Å²) in [5.74, 6) is -0.342. The Hall–Kier alpha value is -2.29. The molecule has 0 radical (unpaired) electrons. The molecule has 1 atom stereocenters. The van der Waals surface area contributed by atoms with Gasteiger partial charge in [0.25, 0.3) is 0 Å². The average molecular weight is 312 g/mol. The molecule has 0 amide bonds. The van der Waals surface area contributed by atoms with Crippen LogP contribution in [0.25, 0.3) is 0 Å². The summed E-state index contributed by atoms with van der Waals surface area (Å²) in [6, 6.07) is 9.83. The molecule has 0 saturated heterocycles. The summed E-state index contributed by atoms with van der Waals surface area (Å²) in [6.45, 7) is 10.1. The van der Waals surface area contributed by atoms with Gasteiger partial charge in [0, 0.05) is 6.42 Å². The van der Waals surface area contributed by atoms with Gasteiger partial charge in [0.05, 0.1) is 0 Å². The van der Waals surface area contributed by atoms with Crippen molar-refractivity contribution in [3.63, 3.8) is 0 Å². The Labute approximate surface area is 137 Å². The second kappa shape index (κ2) is 6.86. The van der Waals surface area contributed by atoms with Crippen molar-refractivity contribution < 1.29 is 14.6 Å². The van der Waals surface area contributed by atoms with Gasteiger partial charge in [0.15, 0.2) is 6.10 Å². The minimum absolute atomic E-state index is 0.361. The third kappa shape index (κ3) is 4.13. The largest absolute Gasteiger partial charge is 0.478 e. The molecule has 3 nitrogen and oxygen atoms in total. The molecular weight excluding hydrogens is 288 g/mol. The first-order valence-electron chi connectivity index (χ1n) is 7.81. The van der Waals surface area contributed by atoms with Crippen LogP contribution in [0.4, 0.5) is 0 Å². The van der Waals surface area contributed by atoms with Crippen molar-refractivity contribution in [3.05, 3.63) is 63.7 Å². The molecule has 2 aromatic rings. The highest BCUT2D eigenvalue weighted by Crippen LogP contribution is 2.22. The molecule has 1 N–H and O–H groups in total. The monoisotopic (exact) mass is 312 g/mol. The van der Waals surface area contributed by atoms with Gasteiger partial charge >= 0.3 is 5.97 Å². The average Bonchev–Trinajstić information content (AvgIpc) is 2.45. The summed E-state index contributed by atoms with van der Waals surface area (Å²) < 4.78 is 5.76. The molecule has 0 bridgehead atoms. The van der Waals surface area contributed by atoms with E-state index in [0.29, 0.717) is 12.2 Å². The molecule has 0 saturated carbocycles. The van der Waals surface area contributed by atoms with Crippen LogP contribution in [0, 0.1) is 34.6 Å². The van der Waals surface area contributed by atoms with Gasteiger partial charge < -0.3 is 9.84 Å². The third-order valence-corrected chi connectivity index (χ3v) is 4.26. The van der Waals surface area contributed by atoms with E-state index in [0.717, 1.165) is 27.8 Å². The lowest BCUT2D eigenvalue weighted by Gasteiger charge is -2.19. The molecular formula is C20H24O3. The van der Waals surface area contributed by atoms with E-state index in [1.165, 1.54) is 5.56 Å². The quantitative estimate of drug-likeness (QED) is 0.895. The van der Waals surface area contributed by atoms with Gasteiger partial charge in [-0.25, -0.2) is 4.79 Å². The fourth-order valence-corrected chi connectivity index (χ4v) is 2.85. The Morgan fingerprint density at radius 1 is 0.957 bits per heavy atom. The van der Waals surface area contributed by atoms with Crippen LogP contribution in [0.5, 0.6) is 5.75 Å². The van der Waals surface area contributed by atoms with Crippen molar-refractivity contribution in [3.8, 4) is 5.75 Å². The number of carbonyl (C=O) groups is 1. The smallest absolute Gasteiger partial charge is 0.345 e. The highest BCUT2D eigenvalue weighted by atomic mass is 16.5. The predicted molar refractivity (Wildman–Crippen MR) is 92.3 cm³/mol. The first-order chi connectivity index (χ1) is 10.8. The number of hydrogen-bond donors (Lipinski definition) is 1. The van der Waals surface area contributed by atoms with Crippen molar-refractivity contribution in [1.82, 2.24) is 0 Å². The minimum atomic E-state index is -0.942. The molecule has 3 heteroatoms. The maximum absolute atomic E-state index is 11.6. The van der Waals surface area contributed by atoms with Crippen LogP contribution in [0.1, 0.15) is 33.4 Å². The topological polar surface area (TPSA) is 46.5 Å². The molecule has 0 heterocycles. The van der Waals surface area contributed by atoms with Crippen LogP contribution < -0.4 is 4.74 Å². The van der Waals surface area contributed by atoms with E-state index in [9.17, 15) is 9.90 Å². The van der Waals surface area contributed by atoms with Crippen LogP contribution in [-0.2, 0) is 11.2 Å². The normalized spacial score (nSPS) is 12.0. The maximum Gasteiger partial charge on any atom is 0.345 e. The number of aliphatic carboxylic acids is 1. The first kappa shape index (κ1) is 17.1. The van der Waals surface area contributed by atoms with Crippen molar-refractivity contribution >= 4 is 5.97 Å². The fourth-order valence-electron chi connectivity index (χ4n) is 2.85. The summed E-state index contributed by atoms with van der Waals surface area (Å²) in [4.78, 5) is 11.6. The van der Waals surface area contributed by atoms with Gasteiger partial charge in [-0.1, -0.05) is 23.8 Å². The van der Waals surface area contributed by atoms with E-state index in [2.05, 4.69) is 12.1 Å². The Balaban J connectivity index is 2.26. The first-order valence-corrected chi connectivity index (χ1v) is 7.81. The van der Waals surface area contributed by atoms with Crippen LogP contribution in [0.15, 0.2) is 30.3 Å². The highest BCUT2D eigenvalue weighted by Gasteiger charge is 2.22. The number of hydrogen-bond acceptors (Lipinski definition) is 2. The number of ether oxygens (including phenoxy) is 1. The molecule has 0 aliphatic heterocycles. The van der Waals surface area contributed by atoms with Crippen molar-refractivity contribution in [1.29, 1.82) is 0 Å². The number of aryl methyl sites for hydroxylation is 5. The number of carboxylic acid groups (broad SMARTS) is 1. The molecule has 23 heavy (non-hydrogen) atoms. The lowest BCUT2D eigenvalue weighted by molar-refractivity contribution is -0.145. The highest BCUT2D eigenvalue weighted by molar-refractivity contribution is 5.73. The molecule has 2 rings (SSSR count).